The Morgan fingerprint density at radius 2 is 1.93 bits per heavy atom. The van der Waals surface area contributed by atoms with E-state index in [2.05, 4.69) is 9.97 Å². The first-order valence-corrected chi connectivity index (χ1v) is 11.1. The zero-order valence-corrected chi connectivity index (χ0v) is 18.6. The number of benzene rings is 1. The van der Waals surface area contributed by atoms with Gasteiger partial charge in [-0.1, -0.05) is 11.8 Å². The largest absolute Gasteiger partial charge is 0.497 e. The predicted molar refractivity (Wildman–Crippen MR) is 115 cm³/mol. The average molecular weight is 416 g/mol. The number of amides is 1. The predicted octanol–water partition coefficient (Wildman–Crippen LogP) is 4.13. The Labute approximate surface area is 177 Å². The summed E-state index contributed by atoms with van der Waals surface area (Å²) in [6.07, 6.45) is 5.03. The van der Waals surface area contributed by atoms with Crippen molar-refractivity contribution in [3.05, 3.63) is 40.7 Å². The van der Waals surface area contributed by atoms with Crippen LogP contribution in [0, 0.1) is 13.8 Å². The molecule has 0 unspecified atom stereocenters. The van der Waals surface area contributed by atoms with Crippen molar-refractivity contribution < 1.29 is 14.3 Å². The highest BCUT2D eigenvalue weighted by molar-refractivity contribution is 7.98. The lowest BCUT2D eigenvalue weighted by atomic mass is 10.0. The van der Waals surface area contributed by atoms with Crippen LogP contribution in [0.25, 0.3) is 0 Å². The third-order valence-electron chi connectivity index (χ3n) is 5.54. The average Bonchev–Trinajstić information content (AvgIpc) is 3.21. The zero-order chi connectivity index (χ0) is 21.0. The van der Waals surface area contributed by atoms with Crippen LogP contribution in [-0.4, -0.2) is 47.8 Å². The normalized spacial score (nSPS) is 16.2. The molecule has 0 bridgehead atoms. The first-order chi connectivity index (χ1) is 14.0. The highest BCUT2D eigenvalue weighted by Gasteiger charge is 2.31. The summed E-state index contributed by atoms with van der Waals surface area (Å²) in [6.45, 7) is 4.77. The topological polar surface area (TPSA) is 64.5 Å². The van der Waals surface area contributed by atoms with Gasteiger partial charge in [-0.15, -0.1) is 0 Å². The minimum absolute atomic E-state index is 0.0423. The molecule has 1 aromatic carbocycles. The molecular weight excluding hydrogens is 386 g/mol. The van der Waals surface area contributed by atoms with Crippen molar-refractivity contribution in [2.45, 2.75) is 50.7 Å². The van der Waals surface area contributed by atoms with E-state index in [1.165, 1.54) is 11.8 Å². The van der Waals surface area contributed by atoms with Gasteiger partial charge in [0.05, 0.1) is 20.3 Å². The summed E-state index contributed by atoms with van der Waals surface area (Å²) in [5, 5.41) is 0.779. The molecule has 1 aliphatic rings. The van der Waals surface area contributed by atoms with E-state index in [1.54, 1.807) is 14.2 Å². The summed E-state index contributed by atoms with van der Waals surface area (Å²) in [5.74, 6) is 1.68. The van der Waals surface area contributed by atoms with Gasteiger partial charge < -0.3 is 14.4 Å². The molecule has 0 aliphatic carbocycles. The fourth-order valence-corrected chi connectivity index (χ4v) is 4.48. The Kier molecular flexibility index (Phi) is 7.00. The van der Waals surface area contributed by atoms with E-state index in [-0.39, 0.29) is 11.9 Å². The number of thioether (sulfide) groups is 1. The third-order valence-corrected chi connectivity index (χ3v) is 6.09. The van der Waals surface area contributed by atoms with Gasteiger partial charge in [0.1, 0.15) is 11.5 Å². The van der Waals surface area contributed by atoms with Crippen LogP contribution in [0.2, 0.25) is 0 Å². The molecule has 1 saturated heterocycles. The summed E-state index contributed by atoms with van der Waals surface area (Å²) in [6, 6.07) is 5.86. The van der Waals surface area contributed by atoms with Crippen molar-refractivity contribution in [1.29, 1.82) is 0 Å². The molecule has 1 aromatic heterocycles. The zero-order valence-electron chi connectivity index (χ0n) is 17.8. The Hall–Kier alpha value is -2.28. The second kappa shape index (κ2) is 9.48. The molecule has 156 valence electrons. The molecular formula is C22H29N3O3S. The van der Waals surface area contributed by atoms with Gasteiger partial charge in [-0.2, -0.15) is 0 Å². The Morgan fingerprint density at radius 1 is 1.21 bits per heavy atom. The minimum Gasteiger partial charge on any atom is -0.497 e. The van der Waals surface area contributed by atoms with Crippen molar-refractivity contribution in [3.63, 3.8) is 0 Å². The molecule has 0 spiro atoms. The molecule has 3 rings (SSSR count). The van der Waals surface area contributed by atoms with Crippen molar-refractivity contribution in [3.8, 4) is 11.5 Å². The van der Waals surface area contributed by atoms with Gasteiger partial charge in [0.15, 0.2) is 5.16 Å². The quantitative estimate of drug-likeness (QED) is 0.500. The molecule has 1 aliphatic heterocycles. The molecule has 0 radical (unpaired) electrons. The second-order valence-electron chi connectivity index (χ2n) is 7.21. The van der Waals surface area contributed by atoms with Crippen LogP contribution in [-0.2, 0) is 11.2 Å². The van der Waals surface area contributed by atoms with Gasteiger partial charge in [0.25, 0.3) is 0 Å². The number of carbonyl (C=O) groups excluding carboxylic acids is 1. The summed E-state index contributed by atoms with van der Waals surface area (Å²) in [7, 11) is 3.29. The van der Waals surface area contributed by atoms with E-state index < -0.39 is 0 Å². The van der Waals surface area contributed by atoms with Crippen LogP contribution in [0.1, 0.15) is 47.8 Å². The number of hydrogen-bond acceptors (Lipinski definition) is 6. The van der Waals surface area contributed by atoms with E-state index in [1.807, 2.05) is 43.2 Å². The number of rotatable bonds is 7. The minimum atomic E-state index is 0.0423. The van der Waals surface area contributed by atoms with Crippen molar-refractivity contribution in [1.82, 2.24) is 14.9 Å². The Bertz CT molecular complexity index is 865. The van der Waals surface area contributed by atoms with Crippen LogP contribution in [0.15, 0.2) is 23.4 Å². The SMILES string of the molecule is COc1ccc([C@@H]2CCCN2C(=O)CCc2c(C)nc(SC)nc2C)c(OC)c1. The van der Waals surface area contributed by atoms with Crippen LogP contribution < -0.4 is 9.47 Å². The molecule has 1 amide bonds. The van der Waals surface area contributed by atoms with E-state index in [4.69, 9.17) is 9.47 Å². The van der Waals surface area contributed by atoms with Crippen LogP contribution in [0.3, 0.4) is 0 Å². The molecule has 1 fully saturated rings. The van der Waals surface area contributed by atoms with E-state index in [0.717, 1.165) is 58.6 Å². The van der Waals surface area contributed by atoms with Gasteiger partial charge in [-0.3, -0.25) is 4.79 Å². The number of hydrogen-bond donors (Lipinski definition) is 0. The highest BCUT2D eigenvalue weighted by atomic mass is 32.2. The fourth-order valence-electron chi connectivity index (χ4n) is 4.02. The monoisotopic (exact) mass is 415 g/mol. The Morgan fingerprint density at radius 3 is 2.55 bits per heavy atom. The van der Waals surface area contributed by atoms with Gasteiger partial charge in [-0.25, -0.2) is 9.97 Å². The maximum Gasteiger partial charge on any atom is 0.223 e. The maximum atomic E-state index is 13.1. The summed E-state index contributed by atoms with van der Waals surface area (Å²) in [4.78, 5) is 24.1. The lowest BCUT2D eigenvalue weighted by Gasteiger charge is -2.27. The highest BCUT2D eigenvalue weighted by Crippen LogP contribution is 2.39. The van der Waals surface area contributed by atoms with Crippen molar-refractivity contribution in [2.24, 2.45) is 0 Å². The summed E-state index contributed by atoms with van der Waals surface area (Å²) in [5.41, 5.74) is 4.04. The van der Waals surface area contributed by atoms with Crippen LogP contribution in [0.5, 0.6) is 11.5 Å². The van der Waals surface area contributed by atoms with Gasteiger partial charge >= 0.3 is 0 Å². The van der Waals surface area contributed by atoms with Gasteiger partial charge in [0.2, 0.25) is 5.91 Å². The smallest absolute Gasteiger partial charge is 0.223 e. The van der Waals surface area contributed by atoms with Crippen molar-refractivity contribution in [2.75, 3.05) is 27.0 Å². The number of aryl methyl sites for hydroxylation is 2. The molecule has 6 nitrogen and oxygen atoms in total. The molecule has 29 heavy (non-hydrogen) atoms. The molecule has 7 heteroatoms. The van der Waals surface area contributed by atoms with E-state index in [9.17, 15) is 4.79 Å². The summed E-state index contributed by atoms with van der Waals surface area (Å²) >= 11 is 1.54. The molecule has 0 saturated carbocycles. The second-order valence-corrected chi connectivity index (χ2v) is 7.99. The molecule has 2 heterocycles. The number of likely N-dealkylation sites (tertiary alicyclic amines) is 1. The fraction of sp³-hybridized carbons (Fsp3) is 0.500. The lowest BCUT2D eigenvalue weighted by Crippen LogP contribution is -2.31. The molecule has 0 N–H and O–H groups in total. The maximum absolute atomic E-state index is 13.1. The van der Waals surface area contributed by atoms with Gasteiger partial charge in [-0.05, 0) is 57.1 Å². The molecule has 2 aromatic rings. The Balaban J connectivity index is 1.74. The number of nitrogens with zero attached hydrogens (tertiary/aromatic N) is 3. The van der Waals surface area contributed by atoms with Crippen molar-refractivity contribution >= 4 is 17.7 Å². The first-order valence-electron chi connectivity index (χ1n) is 9.88. The van der Waals surface area contributed by atoms with Crippen LogP contribution >= 0.6 is 11.8 Å². The number of aromatic nitrogens is 2. The standard InChI is InChI=1S/C22H29N3O3S/c1-14-17(15(2)24-22(23-14)29-5)10-11-21(26)25-12-6-7-19(25)18-9-8-16(27-3)13-20(18)28-4/h8-9,13,19H,6-7,10-12H2,1-5H3/t19-/m0/s1. The first kappa shape index (κ1) is 21.4. The third kappa shape index (κ3) is 4.66. The lowest BCUT2D eigenvalue weighted by molar-refractivity contribution is -0.132. The summed E-state index contributed by atoms with van der Waals surface area (Å²) < 4.78 is 10.9. The number of methoxy groups -OCH3 is 2. The van der Waals surface area contributed by atoms with Crippen LogP contribution in [0.4, 0.5) is 0 Å². The number of carbonyl (C=O) groups is 1. The van der Waals surface area contributed by atoms with E-state index in [0.29, 0.717) is 12.8 Å². The van der Waals surface area contributed by atoms with E-state index >= 15 is 0 Å². The van der Waals surface area contributed by atoms with Gasteiger partial charge in [0, 0.05) is 36.0 Å². The molecule has 1 atom stereocenters. The number of ether oxygens (including phenoxy) is 2.